The molecule has 1 aliphatic rings. The van der Waals surface area contributed by atoms with Gasteiger partial charge >= 0.3 is 0 Å². The Kier molecular flexibility index (Phi) is 5.69. The molecule has 0 aliphatic heterocycles. The van der Waals surface area contributed by atoms with Crippen molar-refractivity contribution >= 4 is 24.0 Å². The molecule has 0 saturated heterocycles. The van der Waals surface area contributed by atoms with Crippen LogP contribution in [-0.4, -0.2) is 22.9 Å². The van der Waals surface area contributed by atoms with E-state index in [1.807, 2.05) is 0 Å². The van der Waals surface area contributed by atoms with Crippen molar-refractivity contribution in [3.05, 3.63) is 39.4 Å². The number of benzene rings is 1. The first-order chi connectivity index (χ1) is 9.47. The van der Waals surface area contributed by atoms with Crippen LogP contribution in [-0.2, 0) is 0 Å². The normalized spacial score (nSPS) is 16.1. The van der Waals surface area contributed by atoms with Gasteiger partial charge in [-0.2, -0.15) is 0 Å². The summed E-state index contributed by atoms with van der Waals surface area (Å²) in [6, 6.07) is 4.53. The molecule has 6 nitrogen and oxygen atoms in total. The summed E-state index contributed by atoms with van der Waals surface area (Å²) in [6.07, 6.45) is 3.82. The fourth-order valence-corrected chi connectivity index (χ4v) is 2.69. The molecule has 0 bridgehead atoms. The topological polar surface area (TPSA) is 98.3 Å². The van der Waals surface area contributed by atoms with Gasteiger partial charge in [0.1, 0.15) is 0 Å². The highest BCUT2D eigenvalue weighted by atomic mass is 35.5. The highest BCUT2D eigenvalue weighted by Crippen LogP contribution is 2.29. The molecule has 0 unspecified atom stereocenters. The van der Waals surface area contributed by atoms with E-state index in [1.165, 1.54) is 6.07 Å². The van der Waals surface area contributed by atoms with E-state index in [9.17, 15) is 14.9 Å². The first-order valence-electron chi connectivity index (χ1n) is 6.75. The molecule has 1 aromatic carbocycles. The number of nitrogens with one attached hydrogen (secondary N) is 1. The van der Waals surface area contributed by atoms with Crippen molar-refractivity contribution < 1.29 is 9.72 Å². The number of halogens is 1. The number of amides is 1. The molecule has 0 spiro atoms. The summed E-state index contributed by atoms with van der Waals surface area (Å²) in [7, 11) is 0. The summed E-state index contributed by atoms with van der Waals surface area (Å²) in [4.78, 5) is 22.7. The van der Waals surface area contributed by atoms with E-state index in [2.05, 4.69) is 5.32 Å². The van der Waals surface area contributed by atoms with E-state index >= 15 is 0 Å². The van der Waals surface area contributed by atoms with Crippen molar-refractivity contribution in [2.75, 3.05) is 6.54 Å². The molecule has 7 heteroatoms. The Morgan fingerprint density at radius 3 is 2.57 bits per heavy atom. The molecule has 1 aliphatic carbocycles. The molecule has 0 heterocycles. The quantitative estimate of drug-likeness (QED) is 0.658. The van der Waals surface area contributed by atoms with Crippen molar-refractivity contribution in [2.24, 2.45) is 5.73 Å². The number of carbonyl (C=O) groups is 1. The Bertz CT molecular complexity index is 542. The van der Waals surface area contributed by atoms with Crippen LogP contribution in [0.2, 0.25) is 0 Å². The Hall–Kier alpha value is -1.66. The van der Waals surface area contributed by atoms with Crippen LogP contribution in [0.4, 0.5) is 5.69 Å². The van der Waals surface area contributed by atoms with Gasteiger partial charge in [0, 0.05) is 23.7 Å². The summed E-state index contributed by atoms with van der Waals surface area (Å²) in [5.74, 6) is -0.291. The van der Waals surface area contributed by atoms with Gasteiger partial charge in [0.25, 0.3) is 11.6 Å². The van der Waals surface area contributed by atoms with Crippen molar-refractivity contribution in [3.8, 4) is 0 Å². The Morgan fingerprint density at radius 1 is 1.43 bits per heavy atom. The fraction of sp³-hybridized carbons (Fsp3) is 0.500. The lowest BCUT2D eigenvalue weighted by Crippen LogP contribution is -2.51. The molecule has 1 fully saturated rings. The number of hydrogen-bond acceptors (Lipinski definition) is 4. The van der Waals surface area contributed by atoms with Gasteiger partial charge in [-0.05, 0) is 25.8 Å². The first kappa shape index (κ1) is 17.4. The smallest absolute Gasteiger partial charge is 0.273 e. The standard InChI is InChI=1S/C14H19N3O3.ClH/c1-10-4-5-11(8-12(10)17(19)20)13(18)16-14(9-15)6-2-3-7-14;/h4-5,8H,2-3,6-7,9,15H2,1H3,(H,16,18);1H. The molecule has 0 atom stereocenters. The lowest BCUT2D eigenvalue weighted by atomic mass is 9.97. The number of carbonyl (C=O) groups excluding carboxylic acids is 1. The average molecular weight is 314 g/mol. The maximum absolute atomic E-state index is 12.3. The maximum Gasteiger partial charge on any atom is 0.273 e. The zero-order valence-corrected chi connectivity index (χ0v) is 12.7. The number of rotatable bonds is 4. The maximum atomic E-state index is 12.3. The van der Waals surface area contributed by atoms with Crippen LogP contribution in [0.1, 0.15) is 41.6 Å². The van der Waals surface area contributed by atoms with Gasteiger partial charge in [-0.3, -0.25) is 14.9 Å². The van der Waals surface area contributed by atoms with Gasteiger partial charge in [0.15, 0.2) is 0 Å². The van der Waals surface area contributed by atoms with Crippen LogP contribution in [0.15, 0.2) is 18.2 Å². The number of hydrogen-bond donors (Lipinski definition) is 2. The molecular formula is C14H20ClN3O3. The SMILES string of the molecule is Cc1ccc(C(=O)NC2(CN)CCCC2)cc1[N+](=O)[O-].Cl. The van der Waals surface area contributed by atoms with Gasteiger partial charge < -0.3 is 11.1 Å². The highest BCUT2D eigenvalue weighted by molar-refractivity contribution is 5.95. The van der Waals surface area contributed by atoms with Gasteiger partial charge in [-0.15, -0.1) is 12.4 Å². The van der Waals surface area contributed by atoms with Gasteiger partial charge in [0.2, 0.25) is 0 Å². The first-order valence-corrected chi connectivity index (χ1v) is 6.75. The number of aryl methyl sites for hydroxylation is 1. The minimum atomic E-state index is -0.472. The second-order valence-electron chi connectivity index (χ2n) is 5.40. The van der Waals surface area contributed by atoms with E-state index in [1.54, 1.807) is 19.1 Å². The van der Waals surface area contributed by atoms with Crippen molar-refractivity contribution in [2.45, 2.75) is 38.1 Å². The minimum absolute atomic E-state index is 0. The third-order valence-electron chi connectivity index (χ3n) is 4.00. The van der Waals surface area contributed by atoms with E-state index in [4.69, 9.17) is 5.73 Å². The third kappa shape index (κ3) is 3.71. The van der Waals surface area contributed by atoms with E-state index in [0.29, 0.717) is 17.7 Å². The summed E-state index contributed by atoms with van der Waals surface area (Å²) in [6.45, 7) is 2.05. The molecule has 1 amide bonds. The molecule has 0 radical (unpaired) electrons. The van der Waals surface area contributed by atoms with E-state index < -0.39 is 4.92 Å². The molecule has 3 N–H and O–H groups in total. The van der Waals surface area contributed by atoms with Crippen molar-refractivity contribution in [1.29, 1.82) is 0 Å². The highest BCUT2D eigenvalue weighted by Gasteiger charge is 2.34. The second kappa shape index (κ2) is 6.87. The third-order valence-corrected chi connectivity index (χ3v) is 4.00. The second-order valence-corrected chi connectivity index (χ2v) is 5.40. The fourth-order valence-electron chi connectivity index (χ4n) is 2.69. The van der Waals surface area contributed by atoms with E-state index in [-0.39, 0.29) is 29.5 Å². The number of nitrogens with zero attached hydrogens (tertiary/aromatic N) is 1. The van der Waals surface area contributed by atoms with Crippen LogP contribution < -0.4 is 11.1 Å². The molecule has 1 saturated carbocycles. The summed E-state index contributed by atoms with van der Waals surface area (Å²) >= 11 is 0. The Balaban J connectivity index is 0.00000220. The predicted molar refractivity (Wildman–Crippen MR) is 82.8 cm³/mol. The predicted octanol–water partition coefficient (Wildman–Crippen LogP) is 2.33. The van der Waals surface area contributed by atoms with Gasteiger partial charge in [-0.1, -0.05) is 18.9 Å². The molecule has 1 aromatic rings. The molecule has 0 aromatic heterocycles. The minimum Gasteiger partial charge on any atom is -0.345 e. The zero-order chi connectivity index (χ0) is 14.8. The van der Waals surface area contributed by atoms with Crippen LogP contribution >= 0.6 is 12.4 Å². The molecular weight excluding hydrogens is 294 g/mol. The summed E-state index contributed by atoms with van der Waals surface area (Å²) in [5.41, 5.74) is 6.24. The monoisotopic (exact) mass is 313 g/mol. The van der Waals surface area contributed by atoms with Gasteiger partial charge in [0.05, 0.1) is 10.5 Å². The lowest BCUT2D eigenvalue weighted by Gasteiger charge is -2.28. The summed E-state index contributed by atoms with van der Waals surface area (Å²) in [5, 5.41) is 13.9. The van der Waals surface area contributed by atoms with Crippen LogP contribution in [0.5, 0.6) is 0 Å². The summed E-state index contributed by atoms with van der Waals surface area (Å²) < 4.78 is 0. The zero-order valence-electron chi connectivity index (χ0n) is 11.9. The number of nitro benzene ring substituents is 1. The van der Waals surface area contributed by atoms with Crippen molar-refractivity contribution in [3.63, 3.8) is 0 Å². The Morgan fingerprint density at radius 2 is 2.05 bits per heavy atom. The van der Waals surface area contributed by atoms with Crippen LogP contribution in [0.25, 0.3) is 0 Å². The van der Waals surface area contributed by atoms with E-state index in [0.717, 1.165) is 25.7 Å². The van der Waals surface area contributed by atoms with Crippen molar-refractivity contribution in [1.82, 2.24) is 5.32 Å². The Labute approximate surface area is 129 Å². The molecule has 116 valence electrons. The molecule has 21 heavy (non-hydrogen) atoms. The van der Waals surface area contributed by atoms with Crippen LogP contribution in [0.3, 0.4) is 0 Å². The number of nitro groups is 1. The lowest BCUT2D eigenvalue weighted by molar-refractivity contribution is -0.385. The number of nitrogens with two attached hydrogens (primary N) is 1. The van der Waals surface area contributed by atoms with Gasteiger partial charge in [-0.25, -0.2) is 0 Å². The van der Waals surface area contributed by atoms with Crippen LogP contribution in [0, 0.1) is 17.0 Å². The largest absolute Gasteiger partial charge is 0.345 e. The molecule has 2 rings (SSSR count). The average Bonchev–Trinajstić information content (AvgIpc) is 2.88.